The zero-order valence-corrected chi connectivity index (χ0v) is 28.8. The second-order valence-electron chi connectivity index (χ2n) is 11.7. The molecule has 4 aromatic carbocycles. The Kier molecular flexibility index (Phi) is 12.4. The van der Waals surface area contributed by atoms with Crippen molar-refractivity contribution in [1.29, 1.82) is 0 Å². The molecule has 1 N–H and O–H groups in total. The number of halogens is 1. The van der Waals surface area contributed by atoms with Gasteiger partial charge in [-0.2, -0.15) is 0 Å². The van der Waals surface area contributed by atoms with Gasteiger partial charge in [-0.25, -0.2) is 8.42 Å². The Morgan fingerprint density at radius 1 is 0.872 bits per heavy atom. The van der Waals surface area contributed by atoms with Gasteiger partial charge in [-0.15, -0.1) is 0 Å². The summed E-state index contributed by atoms with van der Waals surface area (Å²) in [5.74, 6) is -0.364. The van der Waals surface area contributed by atoms with E-state index in [1.807, 2.05) is 75.4 Å². The lowest BCUT2D eigenvalue weighted by Gasteiger charge is -2.34. The fraction of sp³-hybridized carbons (Fsp3) is 0.297. The van der Waals surface area contributed by atoms with Crippen LogP contribution in [0.3, 0.4) is 0 Å². The largest absolute Gasteiger partial charge is 0.492 e. The number of sulfonamides is 1. The maximum Gasteiger partial charge on any atom is 0.264 e. The van der Waals surface area contributed by atoms with Crippen LogP contribution in [0.4, 0.5) is 5.69 Å². The van der Waals surface area contributed by atoms with E-state index >= 15 is 0 Å². The molecule has 0 unspecified atom stereocenters. The van der Waals surface area contributed by atoms with Gasteiger partial charge in [0, 0.05) is 24.5 Å². The van der Waals surface area contributed by atoms with Crippen LogP contribution in [-0.4, -0.2) is 50.9 Å². The summed E-state index contributed by atoms with van der Waals surface area (Å²) in [6.07, 6.45) is 0.238. The van der Waals surface area contributed by atoms with Crippen molar-refractivity contribution in [3.8, 4) is 5.75 Å². The molecule has 248 valence electrons. The summed E-state index contributed by atoms with van der Waals surface area (Å²) >= 11 is 6.09. The highest BCUT2D eigenvalue weighted by Crippen LogP contribution is 2.33. The van der Waals surface area contributed by atoms with Crippen molar-refractivity contribution in [2.24, 2.45) is 5.92 Å². The van der Waals surface area contributed by atoms with Crippen molar-refractivity contribution < 1.29 is 22.7 Å². The number of anilines is 1. The highest BCUT2D eigenvalue weighted by atomic mass is 35.5. The van der Waals surface area contributed by atoms with E-state index in [-0.39, 0.29) is 42.0 Å². The predicted molar refractivity (Wildman–Crippen MR) is 187 cm³/mol. The molecular formula is C37H42ClN3O5S. The molecule has 0 aliphatic rings. The average molecular weight is 676 g/mol. The number of nitrogens with zero attached hydrogens (tertiary/aromatic N) is 2. The fourth-order valence-electron chi connectivity index (χ4n) is 5.14. The lowest BCUT2D eigenvalue weighted by Crippen LogP contribution is -2.53. The molecule has 8 nitrogen and oxygen atoms in total. The van der Waals surface area contributed by atoms with Crippen LogP contribution in [0.5, 0.6) is 5.75 Å². The van der Waals surface area contributed by atoms with E-state index in [4.69, 9.17) is 16.3 Å². The first-order chi connectivity index (χ1) is 22.5. The van der Waals surface area contributed by atoms with E-state index < -0.39 is 28.5 Å². The van der Waals surface area contributed by atoms with Gasteiger partial charge in [0.2, 0.25) is 11.8 Å². The summed E-state index contributed by atoms with van der Waals surface area (Å²) in [5.41, 5.74) is 2.86. The zero-order valence-electron chi connectivity index (χ0n) is 27.2. The maximum absolute atomic E-state index is 14.7. The lowest BCUT2D eigenvalue weighted by molar-refractivity contribution is -0.140. The van der Waals surface area contributed by atoms with Crippen LogP contribution in [0.25, 0.3) is 0 Å². The first-order valence-electron chi connectivity index (χ1n) is 15.7. The predicted octanol–water partition coefficient (Wildman–Crippen LogP) is 6.65. The number of amides is 2. The molecule has 0 saturated carbocycles. The van der Waals surface area contributed by atoms with Gasteiger partial charge in [0.05, 0.1) is 17.2 Å². The molecule has 4 rings (SSSR count). The van der Waals surface area contributed by atoms with Crippen molar-refractivity contribution in [1.82, 2.24) is 10.2 Å². The number of rotatable bonds is 15. The molecule has 0 fully saturated rings. The third-order valence-electron chi connectivity index (χ3n) is 7.67. The molecule has 0 spiro atoms. The van der Waals surface area contributed by atoms with E-state index in [0.717, 1.165) is 21.0 Å². The summed E-state index contributed by atoms with van der Waals surface area (Å²) in [4.78, 5) is 30.1. The Labute approximate surface area is 283 Å². The Morgan fingerprint density at radius 2 is 1.51 bits per heavy atom. The van der Waals surface area contributed by atoms with Crippen molar-refractivity contribution in [3.63, 3.8) is 0 Å². The lowest BCUT2D eigenvalue weighted by atomic mass is 10.0. The van der Waals surface area contributed by atoms with Gasteiger partial charge in [-0.05, 0) is 72.9 Å². The molecule has 0 heterocycles. The molecule has 1 atom stereocenters. The van der Waals surface area contributed by atoms with Gasteiger partial charge in [0.15, 0.2) is 0 Å². The molecular weight excluding hydrogens is 634 g/mol. The smallest absolute Gasteiger partial charge is 0.264 e. The standard InChI is InChI=1S/C37H42ClN3O5S/c1-5-46-35-18-12-11-17-33(35)41(47(44,45)32-21-19-31(38)20-22-32)26-36(42)40(25-30-16-10-9-13-28(30)4)34(37(43)39-24-27(2)3)23-29-14-7-6-8-15-29/h6-22,27,34H,5,23-26H2,1-4H3,(H,39,43)/t34-/m0/s1. The van der Waals surface area contributed by atoms with Gasteiger partial charge in [0.25, 0.3) is 10.0 Å². The van der Waals surface area contributed by atoms with Crippen LogP contribution in [0.1, 0.15) is 37.5 Å². The normalized spacial score (nSPS) is 12.0. The van der Waals surface area contributed by atoms with Crippen LogP contribution in [-0.2, 0) is 32.6 Å². The van der Waals surface area contributed by atoms with Crippen LogP contribution >= 0.6 is 11.6 Å². The first-order valence-corrected chi connectivity index (χ1v) is 17.5. The molecule has 10 heteroatoms. The topological polar surface area (TPSA) is 96.0 Å². The van der Waals surface area contributed by atoms with Gasteiger partial charge in [-0.3, -0.25) is 13.9 Å². The summed E-state index contributed by atoms with van der Waals surface area (Å²) in [6, 6.07) is 28.7. The Bertz CT molecular complexity index is 1750. The number of hydrogen-bond donors (Lipinski definition) is 1. The van der Waals surface area contributed by atoms with E-state index in [0.29, 0.717) is 17.3 Å². The van der Waals surface area contributed by atoms with Crippen molar-refractivity contribution in [2.75, 3.05) is 24.0 Å². The zero-order chi connectivity index (χ0) is 34.0. The van der Waals surface area contributed by atoms with Gasteiger partial charge in [0.1, 0.15) is 18.3 Å². The Balaban J connectivity index is 1.84. The monoisotopic (exact) mass is 675 g/mol. The Hall–Kier alpha value is -4.34. The van der Waals surface area contributed by atoms with Crippen LogP contribution in [0, 0.1) is 12.8 Å². The molecule has 0 aliphatic carbocycles. The van der Waals surface area contributed by atoms with Crippen molar-refractivity contribution >= 4 is 39.1 Å². The van der Waals surface area contributed by atoms with E-state index in [1.54, 1.807) is 31.2 Å². The molecule has 2 amide bonds. The van der Waals surface area contributed by atoms with Gasteiger partial charge in [-0.1, -0.05) is 92.2 Å². The number of nitrogens with one attached hydrogen (secondary N) is 1. The number of ether oxygens (including phenoxy) is 1. The summed E-state index contributed by atoms with van der Waals surface area (Å²) in [5, 5.41) is 3.39. The summed E-state index contributed by atoms with van der Waals surface area (Å²) < 4.78 is 35.5. The van der Waals surface area contributed by atoms with Crippen molar-refractivity contribution in [3.05, 3.63) is 125 Å². The average Bonchev–Trinajstić information content (AvgIpc) is 3.06. The summed E-state index contributed by atoms with van der Waals surface area (Å²) in [7, 11) is -4.30. The number of benzene rings is 4. The van der Waals surface area contributed by atoms with Crippen LogP contribution < -0.4 is 14.4 Å². The first kappa shape index (κ1) is 35.5. The minimum atomic E-state index is -4.30. The minimum absolute atomic E-state index is 0.0398. The number of carbonyl (C=O) groups is 2. The third-order valence-corrected chi connectivity index (χ3v) is 9.70. The quantitative estimate of drug-likeness (QED) is 0.152. The molecule has 0 bridgehead atoms. The van der Waals surface area contributed by atoms with E-state index in [9.17, 15) is 18.0 Å². The number of para-hydroxylation sites is 2. The molecule has 0 radical (unpaired) electrons. The molecule has 47 heavy (non-hydrogen) atoms. The number of carbonyl (C=O) groups excluding carboxylic acids is 2. The third kappa shape index (κ3) is 9.36. The second kappa shape index (κ2) is 16.5. The SMILES string of the molecule is CCOc1ccccc1N(CC(=O)N(Cc1ccccc1C)[C@@H](Cc1ccccc1)C(=O)NCC(C)C)S(=O)(=O)c1ccc(Cl)cc1. The molecule has 4 aromatic rings. The minimum Gasteiger partial charge on any atom is -0.492 e. The molecule has 0 saturated heterocycles. The number of hydrogen-bond acceptors (Lipinski definition) is 5. The number of aryl methyl sites for hydroxylation is 1. The highest BCUT2D eigenvalue weighted by Gasteiger charge is 2.35. The van der Waals surface area contributed by atoms with E-state index in [2.05, 4.69) is 5.32 Å². The fourth-order valence-corrected chi connectivity index (χ4v) is 6.69. The van der Waals surface area contributed by atoms with Crippen LogP contribution in [0.15, 0.2) is 108 Å². The highest BCUT2D eigenvalue weighted by molar-refractivity contribution is 7.92. The molecule has 0 aliphatic heterocycles. The van der Waals surface area contributed by atoms with E-state index in [1.165, 1.54) is 29.2 Å². The second-order valence-corrected chi connectivity index (χ2v) is 14.0. The van der Waals surface area contributed by atoms with Crippen molar-refractivity contribution in [2.45, 2.75) is 51.6 Å². The Morgan fingerprint density at radius 3 is 2.17 bits per heavy atom. The van der Waals surface area contributed by atoms with Gasteiger partial charge >= 0.3 is 0 Å². The summed E-state index contributed by atoms with van der Waals surface area (Å²) in [6.45, 7) is 7.97. The maximum atomic E-state index is 14.7. The van der Waals surface area contributed by atoms with Gasteiger partial charge < -0.3 is 15.0 Å². The van der Waals surface area contributed by atoms with Crippen LogP contribution in [0.2, 0.25) is 5.02 Å². The molecule has 0 aromatic heterocycles.